The Hall–Kier alpha value is -2.22. The molecule has 0 aromatic heterocycles. The molecule has 0 bridgehead atoms. The normalized spacial score (nSPS) is 29.2. The number of rotatable bonds is 5. The maximum atomic E-state index is 13.6. The van der Waals surface area contributed by atoms with Gasteiger partial charge in [0.25, 0.3) is 5.91 Å². The summed E-state index contributed by atoms with van der Waals surface area (Å²) in [5, 5.41) is 5.66. The number of hydrogen-bond donors (Lipinski definition) is 2. The van der Waals surface area contributed by atoms with Crippen LogP contribution in [0.15, 0.2) is 11.6 Å². The summed E-state index contributed by atoms with van der Waals surface area (Å²) in [6, 6.07) is -1.44. The highest BCUT2D eigenvalue weighted by Crippen LogP contribution is 2.30. The van der Waals surface area contributed by atoms with Gasteiger partial charge in [-0.2, -0.15) is 0 Å². The average molecular weight is 490 g/mol. The van der Waals surface area contributed by atoms with E-state index in [4.69, 9.17) is 4.74 Å². The summed E-state index contributed by atoms with van der Waals surface area (Å²) in [4.78, 5) is 54.0. The molecule has 0 aromatic carbocycles. The largest absolute Gasteiger partial charge is 0.378 e. The molecule has 3 amide bonds. The van der Waals surface area contributed by atoms with E-state index in [1.54, 1.807) is 4.90 Å². The molecule has 3 fully saturated rings. The lowest BCUT2D eigenvalue weighted by molar-refractivity contribution is -0.143. The summed E-state index contributed by atoms with van der Waals surface area (Å²) in [7, 11) is 0. The zero-order chi connectivity index (χ0) is 25.4. The van der Waals surface area contributed by atoms with Gasteiger partial charge in [-0.3, -0.25) is 19.2 Å². The average Bonchev–Trinajstić information content (AvgIpc) is 3.51. The van der Waals surface area contributed by atoms with Crippen LogP contribution in [-0.2, 0) is 23.9 Å². The van der Waals surface area contributed by atoms with Crippen LogP contribution in [0.2, 0.25) is 0 Å². The Kier molecular flexibility index (Phi) is 10.3. The smallest absolute Gasteiger partial charge is 0.289 e. The Morgan fingerprint density at radius 1 is 1.06 bits per heavy atom. The first-order valence-corrected chi connectivity index (χ1v) is 13.5. The topological polar surface area (TPSA) is 105 Å². The second kappa shape index (κ2) is 13.2. The van der Waals surface area contributed by atoms with Crippen LogP contribution < -0.4 is 10.6 Å². The van der Waals surface area contributed by atoms with Gasteiger partial charge in [-0.05, 0) is 65.2 Å². The first-order chi connectivity index (χ1) is 16.8. The fraction of sp³-hybridized carbons (Fsp3) is 0.778. The van der Waals surface area contributed by atoms with Crippen molar-refractivity contribution in [3.05, 3.63) is 11.6 Å². The third-order valence-electron chi connectivity index (χ3n) is 7.21. The van der Waals surface area contributed by atoms with Crippen molar-refractivity contribution < 1.29 is 23.9 Å². The lowest BCUT2D eigenvalue weighted by Gasteiger charge is -2.30. The van der Waals surface area contributed by atoms with Crippen molar-refractivity contribution in [2.24, 2.45) is 5.92 Å². The van der Waals surface area contributed by atoms with Crippen molar-refractivity contribution in [2.75, 3.05) is 13.2 Å². The van der Waals surface area contributed by atoms with Gasteiger partial charge in [-0.1, -0.05) is 37.3 Å². The second-order valence-corrected chi connectivity index (χ2v) is 10.7. The van der Waals surface area contributed by atoms with Crippen molar-refractivity contribution in [3.63, 3.8) is 0 Å². The number of ether oxygens (including phenoxy) is 1. The van der Waals surface area contributed by atoms with Crippen LogP contribution in [-0.4, -0.2) is 65.8 Å². The molecule has 0 aromatic rings. The summed E-state index contributed by atoms with van der Waals surface area (Å²) >= 11 is 0. The number of fused-ring (bicyclic) bond motifs is 1. The molecular formula is C27H43N3O5. The molecule has 0 unspecified atom stereocenters. The van der Waals surface area contributed by atoms with Crippen LogP contribution in [0.1, 0.15) is 91.4 Å². The van der Waals surface area contributed by atoms with Crippen LogP contribution >= 0.6 is 0 Å². The van der Waals surface area contributed by atoms with E-state index < -0.39 is 23.8 Å². The summed E-state index contributed by atoms with van der Waals surface area (Å²) in [5.41, 5.74) is 1.16. The van der Waals surface area contributed by atoms with Gasteiger partial charge >= 0.3 is 0 Å². The van der Waals surface area contributed by atoms with Crippen molar-refractivity contribution >= 4 is 23.5 Å². The Morgan fingerprint density at radius 3 is 2.49 bits per heavy atom. The molecule has 0 spiro atoms. The Labute approximate surface area is 209 Å². The fourth-order valence-electron chi connectivity index (χ4n) is 4.98. The highest BCUT2D eigenvalue weighted by molar-refractivity contribution is 6.38. The molecule has 8 heteroatoms. The van der Waals surface area contributed by atoms with Crippen molar-refractivity contribution in [1.29, 1.82) is 0 Å². The quantitative estimate of drug-likeness (QED) is 0.456. The summed E-state index contributed by atoms with van der Waals surface area (Å²) < 4.78 is 5.86. The number of allylic oxidation sites excluding steroid dienone is 2. The van der Waals surface area contributed by atoms with Gasteiger partial charge in [0.15, 0.2) is 0 Å². The van der Waals surface area contributed by atoms with Crippen LogP contribution in [0.3, 0.4) is 0 Å². The molecule has 8 nitrogen and oxygen atoms in total. The van der Waals surface area contributed by atoms with Gasteiger partial charge in [-0.15, -0.1) is 0 Å². The molecule has 35 heavy (non-hydrogen) atoms. The monoisotopic (exact) mass is 489 g/mol. The minimum absolute atomic E-state index is 0.0278. The maximum Gasteiger partial charge on any atom is 0.289 e. The van der Waals surface area contributed by atoms with E-state index in [9.17, 15) is 19.2 Å². The minimum Gasteiger partial charge on any atom is -0.378 e. The lowest BCUT2D eigenvalue weighted by Crippen LogP contribution is -2.55. The molecule has 2 heterocycles. The van der Waals surface area contributed by atoms with Crippen LogP contribution in [0, 0.1) is 5.92 Å². The number of nitrogens with zero attached hydrogens (tertiary/aromatic N) is 1. The third-order valence-corrected chi connectivity index (χ3v) is 7.21. The van der Waals surface area contributed by atoms with Gasteiger partial charge < -0.3 is 20.3 Å². The SMILES string of the molecule is CC(C)=CC[C@H]1CCN2C(=O)C[C@H](C)OCCCCCCC[C@@H](C(=O)C(=O)NC3CC3)NC(=O)[C@H]12. The molecule has 2 N–H and O–H groups in total. The van der Waals surface area contributed by atoms with Crippen LogP contribution in [0.4, 0.5) is 0 Å². The van der Waals surface area contributed by atoms with E-state index in [1.165, 1.54) is 0 Å². The van der Waals surface area contributed by atoms with E-state index in [2.05, 4.69) is 16.7 Å². The molecule has 2 saturated heterocycles. The summed E-state index contributed by atoms with van der Waals surface area (Å²) in [5.74, 6) is -1.65. The minimum atomic E-state index is -0.863. The van der Waals surface area contributed by atoms with Gasteiger partial charge in [0.2, 0.25) is 17.6 Å². The molecule has 1 aliphatic carbocycles. The molecular weight excluding hydrogens is 446 g/mol. The number of Topliss-reactive ketones (excluding diaryl/α,β-unsaturated/α-hetero) is 1. The van der Waals surface area contributed by atoms with Gasteiger partial charge in [-0.25, -0.2) is 0 Å². The summed E-state index contributed by atoms with van der Waals surface area (Å²) in [6.07, 6.45) is 10.4. The van der Waals surface area contributed by atoms with Crippen LogP contribution in [0.25, 0.3) is 0 Å². The van der Waals surface area contributed by atoms with Gasteiger partial charge in [0.1, 0.15) is 6.04 Å². The van der Waals surface area contributed by atoms with Crippen LogP contribution in [0.5, 0.6) is 0 Å². The number of nitrogens with one attached hydrogen (secondary N) is 2. The molecule has 3 aliphatic rings. The molecule has 3 rings (SSSR count). The first kappa shape index (κ1) is 27.4. The Balaban J connectivity index is 1.80. The molecule has 0 radical (unpaired) electrons. The van der Waals surface area contributed by atoms with E-state index in [0.717, 1.165) is 56.9 Å². The molecule has 196 valence electrons. The highest BCUT2D eigenvalue weighted by atomic mass is 16.5. The highest BCUT2D eigenvalue weighted by Gasteiger charge is 2.43. The number of carbonyl (C=O) groups is 4. The number of ketones is 1. The first-order valence-electron chi connectivity index (χ1n) is 13.5. The standard InChI is InChI=1S/C27H43N3O5/c1-18(2)10-11-20-14-15-30-23(31)17-19(3)35-16-8-6-4-5-7-9-22(29-26(33)24(20)30)25(32)27(34)28-21-12-13-21/h10,19-22,24H,4-9,11-17H2,1-3H3,(H,28,34)(H,29,33)/t19-,20-,22-,24-/m0/s1. The number of carbonyl (C=O) groups excluding carboxylic acids is 4. The predicted octanol–water partition coefficient (Wildman–Crippen LogP) is 3.04. The fourth-order valence-corrected chi connectivity index (χ4v) is 4.98. The van der Waals surface area contributed by atoms with E-state index >= 15 is 0 Å². The zero-order valence-corrected chi connectivity index (χ0v) is 21.6. The maximum absolute atomic E-state index is 13.6. The molecule has 4 atom stereocenters. The Bertz CT molecular complexity index is 803. The Morgan fingerprint density at radius 2 is 1.77 bits per heavy atom. The second-order valence-electron chi connectivity index (χ2n) is 10.7. The number of amides is 3. The summed E-state index contributed by atoms with van der Waals surface area (Å²) in [6.45, 7) is 7.06. The lowest BCUT2D eigenvalue weighted by atomic mass is 9.93. The van der Waals surface area contributed by atoms with Gasteiger partial charge in [0.05, 0.1) is 18.6 Å². The van der Waals surface area contributed by atoms with E-state index in [1.807, 2.05) is 20.8 Å². The van der Waals surface area contributed by atoms with Crippen molar-refractivity contribution in [2.45, 2.75) is 116 Å². The predicted molar refractivity (Wildman–Crippen MR) is 133 cm³/mol. The molecule has 2 aliphatic heterocycles. The van der Waals surface area contributed by atoms with E-state index in [-0.39, 0.29) is 36.3 Å². The van der Waals surface area contributed by atoms with Crippen molar-refractivity contribution in [3.8, 4) is 0 Å². The molecule has 1 saturated carbocycles. The third kappa shape index (κ3) is 8.44. The number of hydrogen-bond acceptors (Lipinski definition) is 5. The van der Waals surface area contributed by atoms with E-state index in [0.29, 0.717) is 26.0 Å². The van der Waals surface area contributed by atoms with Crippen molar-refractivity contribution in [1.82, 2.24) is 15.5 Å². The van der Waals surface area contributed by atoms with Gasteiger partial charge in [0, 0.05) is 19.2 Å². The zero-order valence-electron chi connectivity index (χ0n) is 21.6.